The van der Waals surface area contributed by atoms with Gasteiger partial charge in [0.25, 0.3) is 11.5 Å². The van der Waals surface area contributed by atoms with Gasteiger partial charge in [-0.2, -0.15) is 5.26 Å². The molecule has 10 heteroatoms. The standard InChI is InChI=1S/C27H30FN5O2S2/c1-4-5-6-11-33-26(35)23(37-27(33)36)16-21-18(2)22(17-29)25(34)30(3)24(21)32-14-12-31(13-15-32)20-9-7-19(28)8-10-20/h7-10,16H,4-6,11-15H2,1-3H3. The lowest BCUT2D eigenvalue weighted by Crippen LogP contribution is -2.48. The Hall–Kier alpha value is -3.16. The molecule has 1 aromatic carbocycles. The number of piperazine rings is 1. The molecule has 1 amide bonds. The molecule has 0 bridgehead atoms. The number of anilines is 2. The zero-order valence-electron chi connectivity index (χ0n) is 21.3. The first kappa shape index (κ1) is 26.9. The summed E-state index contributed by atoms with van der Waals surface area (Å²) in [7, 11) is 1.66. The highest BCUT2D eigenvalue weighted by molar-refractivity contribution is 8.26. The summed E-state index contributed by atoms with van der Waals surface area (Å²) in [6.45, 7) is 7.05. The Labute approximate surface area is 226 Å². The SMILES string of the molecule is CCCCCN1C(=O)C(=Cc2c(C)c(C#N)c(=O)n(C)c2N2CCN(c3ccc(F)cc3)CC2)SC1=S. The average molecular weight is 540 g/mol. The van der Waals surface area contributed by atoms with Gasteiger partial charge >= 0.3 is 0 Å². The number of pyridine rings is 1. The van der Waals surface area contributed by atoms with Gasteiger partial charge in [-0.1, -0.05) is 43.7 Å². The Kier molecular flexibility index (Phi) is 8.35. The number of nitriles is 1. The first-order chi connectivity index (χ1) is 17.8. The van der Waals surface area contributed by atoms with Gasteiger partial charge in [0.2, 0.25) is 0 Å². The predicted molar refractivity (Wildman–Crippen MR) is 151 cm³/mol. The Bertz CT molecular complexity index is 1340. The smallest absolute Gasteiger partial charge is 0.270 e. The molecule has 2 aromatic rings. The Morgan fingerprint density at radius 2 is 1.76 bits per heavy atom. The molecule has 0 aliphatic carbocycles. The molecule has 2 aliphatic heterocycles. The van der Waals surface area contributed by atoms with Crippen LogP contribution in [0.25, 0.3) is 6.08 Å². The van der Waals surface area contributed by atoms with Gasteiger partial charge in [-0.15, -0.1) is 0 Å². The molecular formula is C27H30FN5O2S2. The summed E-state index contributed by atoms with van der Waals surface area (Å²) >= 11 is 6.76. The normalized spacial score (nSPS) is 17.2. The van der Waals surface area contributed by atoms with Gasteiger partial charge in [0.05, 0.1) is 4.91 Å². The number of aromatic nitrogens is 1. The van der Waals surface area contributed by atoms with Gasteiger partial charge in [0, 0.05) is 51.0 Å². The van der Waals surface area contributed by atoms with Gasteiger partial charge < -0.3 is 9.80 Å². The summed E-state index contributed by atoms with van der Waals surface area (Å²) in [5.41, 5.74) is 1.89. The van der Waals surface area contributed by atoms with Crippen molar-refractivity contribution in [3.63, 3.8) is 0 Å². The van der Waals surface area contributed by atoms with E-state index in [0.717, 1.165) is 24.9 Å². The van der Waals surface area contributed by atoms with E-state index >= 15 is 0 Å². The fraction of sp³-hybridized carbons (Fsp3) is 0.407. The van der Waals surface area contributed by atoms with Crippen LogP contribution in [0.5, 0.6) is 0 Å². The fourth-order valence-electron chi connectivity index (χ4n) is 4.77. The second-order valence-electron chi connectivity index (χ2n) is 9.20. The topological polar surface area (TPSA) is 72.6 Å². The van der Waals surface area contributed by atoms with Crippen LogP contribution < -0.4 is 15.4 Å². The van der Waals surface area contributed by atoms with Crippen molar-refractivity contribution in [1.29, 1.82) is 5.26 Å². The summed E-state index contributed by atoms with van der Waals surface area (Å²) in [5.74, 6) is 0.271. The number of rotatable bonds is 7. The molecule has 0 N–H and O–H groups in total. The summed E-state index contributed by atoms with van der Waals surface area (Å²) in [6, 6.07) is 8.48. The summed E-state index contributed by atoms with van der Waals surface area (Å²) in [6.07, 6.45) is 4.75. The Morgan fingerprint density at radius 1 is 1.11 bits per heavy atom. The van der Waals surface area contributed by atoms with E-state index in [0.29, 0.717) is 58.9 Å². The maximum Gasteiger partial charge on any atom is 0.270 e. The minimum absolute atomic E-state index is 0.0703. The highest BCUT2D eigenvalue weighted by atomic mass is 32.2. The van der Waals surface area contributed by atoms with E-state index in [1.807, 2.05) is 6.07 Å². The van der Waals surface area contributed by atoms with Crippen molar-refractivity contribution >= 4 is 51.8 Å². The number of hydrogen-bond acceptors (Lipinski definition) is 7. The van der Waals surface area contributed by atoms with Crippen molar-refractivity contribution in [3.8, 4) is 6.07 Å². The number of amides is 1. The molecule has 194 valence electrons. The number of halogens is 1. The molecule has 0 saturated carbocycles. The van der Waals surface area contributed by atoms with Crippen LogP contribution in [0, 0.1) is 24.1 Å². The van der Waals surface area contributed by atoms with Gasteiger partial charge in [0.1, 0.15) is 27.6 Å². The maximum atomic E-state index is 13.4. The summed E-state index contributed by atoms with van der Waals surface area (Å²) in [4.78, 5) is 32.7. The summed E-state index contributed by atoms with van der Waals surface area (Å²) < 4.78 is 15.4. The van der Waals surface area contributed by atoms with Gasteiger partial charge in [-0.25, -0.2) is 4.39 Å². The van der Waals surface area contributed by atoms with E-state index in [9.17, 15) is 19.2 Å². The molecule has 4 rings (SSSR count). The van der Waals surface area contributed by atoms with Gasteiger partial charge in [-0.05, 0) is 49.2 Å². The van der Waals surface area contributed by atoms with Crippen molar-refractivity contribution < 1.29 is 9.18 Å². The monoisotopic (exact) mass is 539 g/mol. The second kappa shape index (κ2) is 11.5. The number of benzene rings is 1. The number of carbonyl (C=O) groups excluding carboxylic acids is 1. The fourth-order valence-corrected chi connectivity index (χ4v) is 6.06. The number of hydrogen-bond donors (Lipinski definition) is 0. The third-order valence-corrected chi connectivity index (χ3v) is 8.25. The van der Waals surface area contributed by atoms with Crippen molar-refractivity contribution in [2.24, 2.45) is 7.05 Å². The molecule has 3 heterocycles. The molecule has 0 radical (unpaired) electrons. The average Bonchev–Trinajstić information content (AvgIpc) is 3.16. The third kappa shape index (κ3) is 5.43. The minimum Gasteiger partial charge on any atom is -0.368 e. The molecule has 2 aliphatic rings. The zero-order valence-corrected chi connectivity index (χ0v) is 22.9. The third-order valence-electron chi connectivity index (χ3n) is 6.87. The van der Waals surface area contributed by atoms with Crippen molar-refractivity contribution in [3.05, 3.63) is 62.0 Å². The minimum atomic E-state index is -0.361. The second-order valence-corrected chi connectivity index (χ2v) is 10.9. The number of thiocarbonyl (C=S) groups is 1. The van der Waals surface area contributed by atoms with Crippen LogP contribution in [0.4, 0.5) is 15.9 Å². The molecule has 0 unspecified atom stereocenters. The molecular weight excluding hydrogens is 509 g/mol. The van der Waals surface area contributed by atoms with Crippen LogP contribution in [0.1, 0.15) is 42.9 Å². The lowest BCUT2D eigenvalue weighted by molar-refractivity contribution is -0.122. The van der Waals surface area contributed by atoms with Crippen LogP contribution in [0.2, 0.25) is 0 Å². The highest BCUT2D eigenvalue weighted by Gasteiger charge is 2.33. The number of thioether (sulfide) groups is 1. The first-order valence-electron chi connectivity index (χ1n) is 12.4. The van der Waals surface area contributed by atoms with E-state index in [2.05, 4.69) is 16.7 Å². The Morgan fingerprint density at radius 3 is 2.38 bits per heavy atom. The molecule has 0 spiro atoms. The van der Waals surface area contributed by atoms with Gasteiger partial charge in [-0.3, -0.25) is 19.1 Å². The van der Waals surface area contributed by atoms with E-state index in [4.69, 9.17) is 12.2 Å². The predicted octanol–water partition coefficient (Wildman–Crippen LogP) is 4.42. The molecule has 7 nitrogen and oxygen atoms in total. The van der Waals surface area contributed by atoms with E-state index in [1.54, 1.807) is 37.1 Å². The lowest BCUT2D eigenvalue weighted by atomic mass is 10.0. The zero-order chi connectivity index (χ0) is 26.7. The van der Waals surface area contributed by atoms with Crippen LogP contribution in [-0.2, 0) is 11.8 Å². The van der Waals surface area contributed by atoms with Gasteiger partial charge in [0.15, 0.2) is 0 Å². The largest absolute Gasteiger partial charge is 0.368 e. The van der Waals surface area contributed by atoms with Crippen LogP contribution in [0.15, 0.2) is 34.0 Å². The van der Waals surface area contributed by atoms with Crippen LogP contribution in [-0.4, -0.2) is 52.4 Å². The molecule has 37 heavy (non-hydrogen) atoms. The molecule has 0 atom stereocenters. The molecule has 2 fully saturated rings. The Balaban J connectivity index is 1.68. The highest BCUT2D eigenvalue weighted by Crippen LogP contribution is 2.36. The number of carbonyl (C=O) groups is 1. The van der Waals surface area contributed by atoms with E-state index in [1.165, 1.54) is 28.5 Å². The van der Waals surface area contributed by atoms with Crippen LogP contribution in [0.3, 0.4) is 0 Å². The van der Waals surface area contributed by atoms with E-state index < -0.39 is 0 Å². The van der Waals surface area contributed by atoms with Crippen molar-refractivity contribution in [1.82, 2.24) is 9.47 Å². The van der Waals surface area contributed by atoms with Crippen molar-refractivity contribution in [2.45, 2.75) is 33.1 Å². The van der Waals surface area contributed by atoms with Crippen molar-refractivity contribution in [2.75, 3.05) is 42.5 Å². The summed E-state index contributed by atoms with van der Waals surface area (Å²) in [5, 5.41) is 9.71. The first-order valence-corrected chi connectivity index (χ1v) is 13.6. The molecule has 1 aromatic heterocycles. The molecule has 2 saturated heterocycles. The number of unbranched alkanes of at least 4 members (excludes halogenated alkanes) is 2. The number of nitrogens with zero attached hydrogens (tertiary/aromatic N) is 5. The maximum absolute atomic E-state index is 13.4. The quantitative estimate of drug-likeness (QED) is 0.293. The van der Waals surface area contributed by atoms with Crippen LogP contribution >= 0.6 is 24.0 Å². The lowest BCUT2D eigenvalue weighted by Gasteiger charge is -2.38. The van der Waals surface area contributed by atoms with E-state index in [-0.39, 0.29) is 22.8 Å².